The highest BCUT2D eigenvalue weighted by Gasteiger charge is 2.43. The molecule has 1 unspecified atom stereocenters. The number of hydroxylamine groups is 4. The number of morpholine rings is 1. The molecule has 1 atom stereocenters. The van der Waals surface area contributed by atoms with Gasteiger partial charge < -0.3 is 29.0 Å². The van der Waals surface area contributed by atoms with Crippen LogP contribution in [0.3, 0.4) is 0 Å². The van der Waals surface area contributed by atoms with Crippen LogP contribution in [-0.4, -0.2) is 199 Å². The topological polar surface area (TPSA) is 181 Å². The van der Waals surface area contributed by atoms with Gasteiger partial charge >= 0.3 is 12.4 Å². The molecule has 1 aromatic heterocycles. The Morgan fingerprint density at radius 2 is 1.03 bits per heavy atom. The third kappa shape index (κ3) is 56.8. The molecule has 4 rings (SSSR count). The lowest BCUT2D eigenvalue weighted by atomic mass is 9.89. The van der Waals surface area contributed by atoms with Crippen LogP contribution < -0.4 is 0 Å². The number of benzene rings is 1. The molecular weight excluding hydrogens is 1400 g/mol. The highest BCUT2D eigenvalue weighted by molar-refractivity contribution is 5.88. The Morgan fingerprint density at radius 1 is 0.593 bits per heavy atom. The third-order valence-electron chi connectivity index (χ3n) is 15.4. The number of nitrogens with zero attached hydrogens (tertiary/aromatic N) is 9. The van der Waals surface area contributed by atoms with E-state index >= 15 is 0 Å². The fraction of sp³-hybridized carbons (Fsp3) is 0.819. The largest absolute Gasteiger partial charge is 0.401 e. The Bertz CT molecular complexity index is 2740. The van der Waals surface area contributed by atoms with Crippen LogP contribution in [0, 0.1) is 37.9 Å². The zero-order valence-electron chi connectivity index (χ0n) is 76.1. The molecule has 1 saturated carbocycles. The lowest BCUT2D eigenvalue weighted by molar-refractivity contribution is -0.204. The molecule has 0 bridgehead atoms. The third-order valence-corrected chi connectivity index (χ3v) is 15.4. The van der Waals surface area contributed by atoms with Crippen molar-refractivity contribution in [2.75, 3.05) is 94.5 Å². The molecule has 2 heterocycles. The van der Waals surface area contributed by atoms with Crippen molar-refractivity contribution >= 4 is 35.2 Å². The van der Waals surface area contributed by atoms with Gasteiger partial charge in [-0.05, 0) is 105 Å². The number of alkyl halides is 6. The van der Waals surface area contributed by atoms with Crippen molar-refractivity contribution in [3.05, 3.63) is 53.9 Å². The minimum Gasteiger partial charge on any atom is -0.399 e. The number of aryl methyl sites for hydroxylation is 1. The van der Waals surface area contributed by atoms with Gasteiger partial charge in [-0.3, -0.25) is 43.2 Å². The van der Waals surface area contributed by atoms with Crippen LogP contribution in [0.25, 0.3) is 0 Å². The Morgan fingerprint density at radius 3 is 1.22 bits per heavy atom. The summed E-state index contributed by atoms with van der Waals surface area (Å²) in [5.74, 6) is 0.658. The maximum Gasteiger partial charge on any atom is 0.401 e. The highest BCUT2D eigenvalue weighted by Crippen LogP contribution is 2.36. The van der Waals surface area contributed by atoms with Crippen LogP contribution in [0.2, 0.25) is 0 Å². The Hall–Kier alpha value is -5.37. The van der Waals surface area contributed by atoms with E-state index in [9.17, 15) is 50.3 Å². The molecule has 25 heteroatoms. The van der Waals surface area contributed by atoms with Gasteiger partial charge in [-0.1, -0.05) is 216 Å². The number of amides is 5. The molecule has 0 N–H and O–H groups in total. The number of oxime groups is 1. The molecule has 1 aliphatic carbocycles. The van der Waals surface area contributed by atoms with E-state index in [0.29, 0.717) is 32.3 Å². The van der Waals surface area contributed by atoms with Crippen molar-refractivity contribution in [1.82, 2.24) is 39.5 Å². The molecule has 1 saturated heterocycles. The molecule has 0 spiro atoms. The van der Waals surface area contributed by atoms with Crippen molar-refractivity contribution in [2.45, 2.75) is 310 Å². The molecule has 638 valence electrons. The maximum atomic E-state index is 12.0. The predicted molar refractivity (Wildman–Crippen MR) is 433 cm³/mol. The normalized spacial score (nSPS) is 14.0. The fourth-order valence-electron chi connectivity index (χ4n) is 9.01. The second kappa shape index (κ2) is 49.9. The summed E-state index contributed by atoms with van der Waals surface area (Å²) in [4.78, 5) is 78.2. The second-order valence-corrected chi connectivity index (χ2v) is 37.1. The van der Waals surface area contributed by atoms with E-state index in [2.05, 4.69) is 125 Å². The van der Waals surface area contributed by atoms with Crippen molar-refractivity contribution in [1.29, 1.82) is 0 Å². The first-order valence-electron chi connectivity index (χ1n) is 37.9. The van der Waals surface area contributed by atoms with Crippen molar-refractivity contribution in [3.63, 3.8) is 0 Å². The van der Waals surface area contributed by atoms with Gasteiger partial charge in [0.2, 0.25) is 17.7 Å². The number of hydrogen-bond acceptors (Lipinski definition) is 13. The van der Waals surface area contributed by atoms with Crippen LogP contribution >= 0.6 is 0 Å². The molecule has 2 aromatic rings. The summed E-state index contributed by atoms with van der Waals surface area (Å²) in [5, 5.41) is 10.6. The molecule has 108 heavy (non-hydrogen) atoms. The van der Waals surface area contributed by atoms with Gasteiger partial charge in [0, 0.05) is 117 Å². The fourth-order valence-corrected chi connectivity index (χ4v) is 9.01. The molecule has 0 radical (unpaired) electrons. The van der Waals surface area contributed by atoms with Gasteiger partial charge in [0.25, 0.3) is 11.8 Å². The van der Waals surface area contributed by atoms with E-state index in [0.717, 1.165) is 59.1 Å². The van der Waals surface area contributed by atoms with E-state index < -0.39 is 29.9 Å². The minimum absolute atomic E-state index is 0.0162. The first-order chi connectivity index (χ1) is 48.1. The quantitative estimate of drug-likeness (QED) is 0.112. The summed E-state index contributed by atoms with van der Waals surface area (Å²) in [5.41, 5.74) is 0.954. The molecular formula is C83H159F6N9O10. The van der Waals surface area contributed by atoms with Gasteiger partial charge in [-0.25, -0.2) is 10.1 Å². The van der Waals surface area contributed by atoms with E-state index in [1.807, 2.05) is 155 Å². The van der Waals surface area contributed by atoms with Gasteiger partial charge in [-0.15, -0.1) is 0 Å². The van der Waals surface area contributed by atoms with Crippen LogP contribution in [0.15, 0.2) is 47.8 Å². The van der Waals surface area contributed by atoms with E-state index in [1.54, 1.807) is 48.8 Å². The predicted octanol–water partition coefficient (Wildman–Crippen LogP) is 19.9. The van der Waals surface area contributed by atoms with E-state index in [4.69, 9.17) is 24.0 Å². The summed E-state index contributed by atoms with van der Waals surface area (Å²) in [7, 11) is 10.1. The average molecular weight is 1560 g/mol. The monoisotopic (exact) mass is 1560 g/mol. The number of carbonyl (C=O) groups excluding carboxylic acids is 5. The number of aromatic nitrogens is 2. The van der Waals surface area contributed by atoms with Crippen molar-refractivity contribution < 1.29 is 74.3 Å². The van der Waals surface area contributed by atoms with E-state index in [1.165, 1.54) is 53.3 Å². The van der Waals surface area contributed by atoms with E-state index in [-0.39, 0.29) is 79.1 Å². The van der Waals surface area contributed by atoms with Gasteiger partial charge in [0.15, 0.2) is 0 Å². The maximum absolute atomic E-state index is 12.0. The molecule has 1 aromatic carbocycles. The Balaban J connectivity index is -0.000000268. The van der Waals surface area contributed by atoms with Gasteiger partial charge in [0.1, 0.15) is 7.11 Å². The van der Waals surface area contributed by atoms with Crippen LogP contribution in [0.5, 0.6) is 0 Å². The molecule has 2 fully saturated rings. The molecule has 2 aliphatic rings. The summed E-state index contributed by atoms with van der Waals surface area (Å²) in [6.07, 6.45) is -2.81. The van der Waals surface area contributed by atoms with Crippen molar-refractivity contribution in [3.8, 4) is 0 Å². The van der Waals surface area contributed by atoms with Gasteiger partial charge in [0.05, 0.1) is 56.8 Å². The zero-order valence-corrected chi connectivity index (χ0v) is 76.1. The summed E-state index contributed by atoms with van der Waals surface area (Å²) >= 11 is 0. The second-order valence-electron chi connectivity index (χ2n) is 37.1. The summed E-state index contributed by atoms with van der Waals surface area (Å²) in [6.45, 7) is 73.4. The first-order valence-corrected chi connectivity index (χ1v) is 37.9. The first kappa shape index (κ1) is 114. The number of halogens is 6. The minimum atomic E-state index is -4.09. The van der Waals surface area contributed by atoms with Crippen LogP contribution in [0.4, 0.5) is 26.3 Å². The van der Waals surface area contributed by atoms with Crippen molar-refractivity contribution in [2.24, 2.45) is 50.1 Å². The zero-order chi connectivity index (χ0) is 87.2. The van der Waals surface area contributed by atoms with Crippen LogP contribution in [-0.2, 0) is 60.4 Å². The smallest absolute Gasteiger partial charge is 0.399 e. The standard InChI is InChI=1S/C12H18O.C9H17NO2.C9H17NO.C9H19NO.C8H16F3N.C8H14N2.C8H17NO2.C8H17NO.C7H15NO2.C5H9F3/c1-10(13-12(2,3)4)11-8-6-5-7-9-11;1-9(2,3)8(11)10-4-6-12-7-5-10;1-9(2,3)8(11)10(4)7-5-6-7;1-6-10(8(2)11)7-9(3,4)5;1-5-12(7(2,3)4)6-8(9,10)11;1-8(2,3)7-5-6-9-10(7)4;1-6-9(11-5)7(10)8(2,3)4;1-6-7(9-10-5)8(2,3)4;1-7(2,3)6(9)8(4)10-5;1-4(2,3)5(6,7)8/h5-10H,1-4H3;4-7H2,1-3H3;7H,5-6H2,1-4H3;6-7H2,1-5H3;5-6H2,1-4H3;5-6H,1-4H3;6H2,1-5H3;6H2,1-5H3;1-5H3;1-3H3/b;;;;;;;9-7+;;. The molecule has 5 amide bonds. The number of ether oxygens (including phenoxy) is 2. The lowest BCUT2D eigenvalue weighted by Crippen LogP contribution is -2.46. The number of carbonyl (C=O) groups is 5. The number of rotatable bonds is 12. The Labute approximate surface area is 654 Å². The lowest BCUT2D eigenvalue weighted by Gasteiger charge is -2.35. The number of hydrogen-bond donors (Lipinski definition) is 0. The molecule has 19 nitrogen and oxygen atoms in total. The van der Waals surface area contributed by atoms with Crippen LogP contribution in [0.1, 0.15) is 286 Å². The average Bonchev–Trinajstić information content (AvgIpc) is 1.69. The Kier molecular flexibility index (Phi) is 52.4. The summed E-state index contributed by atoms with van der Waals surface area (Å²) in [6, 6.07) is 12.9. The van der Waals surface area contributed by atoms with Gasteiger partial charge in [-0.2, -0.15) is 31.4 Å². The molecule has 1 aliphatic heterocycles. The highest BCUT2D eigenvalue weighted by atomic mass is 19.4. The summed E-state index contributed by atoms with van der Waals surface area (Å²) < 4.78 is 83.5. The SMILES string of the molecule is CC(C)(C)C(=O)N1CCOCC1.CC(C)(C)C(F)(F)F.CC(OC(C)(C)C)c1ccccc1.CC/C(=N\OC)C(C)(C)C.CCN(CC(C)(C)C)C(C)=O.CCN(CC(F)(F)F)C(C)(C)C.CCN(OC)C(=O)C(C)(C)C.CN(C(=O)C(C)(C)C)C1CC1.CON(C)C(=O)C(C)(C)C.Cn1nccc1C(C)(C)C.